The highest BCUT2D eigenvalue weighted by molar-refractivity contribution is 6.04. The van der Waals surface area contributed by atoms with E-state index in [4.69, 9.17) is 0 Å². The van der Waals surface area contributed by atoms with Crippen LogP contribution in [0.25, 0.3) is 11.4 Å². The first kappa shape index (κ1) is 18.4. The molecule has 2 heterocycles. The SMILES string of the molecule is CCc1ccc(C(=O)Nc2ccc(-c3nnc4n3CCCCCC4)cc2)cc1. The van der Waals surface area contributed by atoms with Crippen LogP contribution in [0.5, 0.6) is 0 Å². The Hall–Kier alpha value is -2.95. The van der Waals surface area contributed by atoms with Crippen LogP contribution in [-0.2, 0) is 19.4 Å². The van der Waals surface area contributed by atoms with E-state index >= 15 is 0 Å². The average molecular weight is 374 g/mol. The van der Waals surface area contributed by atoms with Crippen molar-refractivity contribution in [3.63, 3.8) is 0 Å². The summed E-state index contributed by atoms with van der Waals surface area (Å²) in [6.07, 6.45) is 6.86. The Morgan fingerprint density at radius 1 is 0.964 bits per heavy atom. The lowest BCUT2D eigenvalue weighted by molar-refractivity contribution is 0.102. The van der Waals surface area contributed by atoms with E-state index in [0.717, 1.165) is 42.3 Å². The molecule has 0 radical (unpaired) electrons. The van der Waals surface area contributed by atoms with Crippen LogP contribution in [0.4, 0.5) is 5.69 Å². The van der Waals surface area contributed by atoms with E-state index in [9.17, 15) is 4.79 Å². The lowest BCUT2D eigenvalue weighted by Gasteiger charge is -2.13. The van der Waals surface area contributed by atoms with Crippen molar-refractivity contribution in [3.05, 3.63) is 65.5 Å². The van der Waals surface area contributed by atoms with Crippen LogP contribution in [0, 0.1) is 0 Å². The van der Waals surface area contributed by atoms with Crippen molar-refractivity contribution < 1.29 is 4.79 Å². The Bertz CT molecular complexity index is 942. The first-order valence-corrected chi connectivity index (χ1v) is 10.2. The van der Waals surface area contributed by atoms with E-state index < -0.39 is 0 Å². The first-order valence-electron chi connectivity index (χ1n) is 10.2. The first-order chi connectivity index (χ1) is 13.7. The van der Waals surface area contributed by atoms with Crippen LogP contribution in [0.2, 0.25) is 0 Å². The Labute approximate surface area is 165 Å². The van der Waals surface area contributed by atoms with E-state index in [1.54, 1.807) is 0 Å². The lowest BCUT2D eigenvalue weighted by Crippen LogP contribution is -2.12. The number of hydrogen-bond donors (Lipinski definition) is 1. The van der Waals surface area contributed by atoms with Gasteiger partial charge in [-0.05, 0) is 61.2 Å². The minimum atomic E-state index is -0.0944. The van der Waals surface area contributed by atoms with Crippen LogP contribution >= 0.6 is 0 Å². The van der Waals surface area contributed by atoms with Crippen LogP contribution in [-0.4, -0.2) is 20.7 Å². The summed E-state index contributed by atoms with van der Waals surface area (Å²) in [7, 11) is 0. The van der Waals surface area contributed by atoms with E-state index in [1.165, 1.54) is 31.2 Å². The molecule has 0 unspecified atom stereocenters. The lowest BCUT2D eigenvalue weighted by atomic mass is 10.1. The van der Waals surface area contributed by atoms with Crippen molar-refractivity contribution in [2.24, 2.45) is 0 Å². The number of aromatic nitrogens is 3. The number of nitrogens with one attached hydrogen (secondary N) is 1. The third-order valence-electron chi connectivity index (χ3n) is 5.38. The Morgan fingerprint density at radius 2 is 1.71 bits per heavy atom. The van der Waals surface area contributed by atoms with Gasteiger partial charge in [0, 0.05) is 29.8 Å². The van der Waals surface area contributed by atoms with Crippen molar-refractivity contribution in [1.82, 2.24) is 14.8 Å². The number of benzene rings is 2. The molecular weight excluding hydrogens is 348 g/mol. The number of nitrogens with zero attached hydrogens (tertiary/aromatic N) is 3. The minimum Gasteiger partial charge on any atom is -0.322 e. The van der Waals surface area contributed by atoms with E-state index in [2.05, 4.69) is 27.0 Å². The van der Waals surface area contributed by atoms with Gasteiger partial charge >= 0.3 is 0 Å². The highest BCUT2D eigenvalue weighted by Crippen LogP contribution is 2.24. The molecule has 0 saturated carbocycles. The second-order valence-electron chi connectivity index (χ2n) is 7.34. The molecule has 4 rings (SSSR count). The standard InChI is InChI=1S/C23H26N4O/c1-2-17-8-10-19(11-9-17)23(28)24-20-14-12-18(13-15-20)22-26-25-21-7-5-3-4-6-16-27(21)22/h8-15H,2-7,16H2,1H3,(H,24,28). The highest BCUT2D eigenvalue weighted by atomic mass is 16.1. The summed E-state index contributed by atoms with van der Waals surface area (Å²) in [5.74, 6) is 1.91. The highest BCUT2D eigenvalue weighted by Gasteiger charge is 2.15. The maximum absolute atomic E-state index is 12.5. The van der Waals surface area contributed by atoms with Gasteiger partial charge in [-0.3, -0.25) is 4.79 Å². The molecule has 1 aromatic heterocycles. The summed E-state index contributed by atoms with van der Waals surface area (Å²) in [6, 6.07) is 15.6. The van der Waals surface area contributed by atoms with Crippen molar-refractivity contribution >= 4 is 11.6 Å². The number of carbonyl (C=O) groups is 1. The fraction of sp³-hybridized carbons (Fsp3) is 0.348. The predicted molar refractivity (Wildman–Crippen MR) is 111 cm³/mol. The topological polar surface area (TPSA) is 59.8 Å². The van der Waals surface area contributed by atoms with E-state index in [-0.39, 0.29) is 5.91 Å². The number of rotatable bonds is 4. The summed E-state index contributed by atoms with van der Waals surface area (Å²) in [4.78, 5) is 12.5. The minimum absolute atomic E-state index is 0.0944. The average Bonchev–Trinajstić information content (AvgIpc) is 3.10. The summed E-state index contributed by atoms with van der Waals surface area (Å²) in [5, 5.41) is 11.8. The monoisotopic (exact) mass is 374 g/mol. The van der Waals surface area contributed by atoms with Crippen molar-refractivity contribution in [3.8, 4) is 11.4 Å². The second-order valence-corrected chi connectivity index (χ2v) is 7.34. The quantitative estimate of drug-likeness (QED) is 0.708. The zero-order chi connectivity index (χ0) is 19.3. The van der Waals surface area contributed by atoms with Gasteiger partial charge in [0.05, 0.1) is 0 Å². The van der Waals surface area contributed by atoms with Gasteiger partial charge in [-0.25, -0.2) is 0 Å². The van der Waals surface area contributed by atoms with Crippen molar-refractivity contribution in [2.45, 2.75) is 52.0 Å². The van der Waals surface area contributed by atoms with Gasteiger partial charge in [0.1, 0.15) is 5.82 Å². The molecule has 5 heteroatoms. The molecule has 5 nitrogen and oxygen atoms in total. The zero-order valence-electron chi connectivity index (χ0n) is 16.3. The Kier molecular flexibility index (Phi) is 5.51. The van der Waals surface area contributed by atoms with Gasteiger partial charge in [-0.15, -0.1) is 10.2 Å². The summed E-state index contributed by atoms with van der Waals surface area (Å²) >= 11 is 0. The van der Waals surface area contributed by atoms with Crippen LogP contribution in [0.15, 0.2) is 48.5 Å². The van der Waals surface area contributed by atoms with Crippen molar-refractivity contribution in [2.75, 3.05) is 5.32 Å². The molecule has 1 amide bonds. The predicted octanol–water partition coefficient (Wildman–Crippen LogP) is 4.88. The summed E-state index contributed by atoms with van der Waals surface area (Å²) in [6.45, 7) is 3.08. The molecule has 0 bridgehead atoms. The third kappa shape index (κ3) is 3.98. The Balaban J connectivity index is 1.49. The van der Waals surface area contributed by atoms with E-state index in [0.29, 0.717) is 5.56 Å². The van der Waals surface area contributed by atoms with Crippen LogP contribution < -0.4 is 5.32 Å². The number of fused-ring (bicyclic) bond motifs is 1. The molecule has 1 N–H and O–H groups in total. The van der Waals surface area contributed by atoms with Gasteiger partial charge in [0.2, 0.25) is 0 Å². The number of amides is 1. The number of hydrogen-bond acceptors (Lipinski definition) is 3. The smallest absolute Gasteiger partial charge is 0.255 e. The molecule has 0 aliphatic carbocycles. The zero-order valence-corrected chi connectivity index (χ0v) is 16.3. The Morgan fingerprint density at radius 3 is 2.46 bits per heavy atom. The van der Waals surface area contributed by atoms with Gasteiger partial charge in [0.25, 0.3) is 5.91 Å². The molecule has 0 saturated heterocycles. The van der Waals surface area contributed by atoms with Gasteiger partial charge in [0.15, 0.2) is 5.82 Å². The van der Waals surface area contributed by atoms with E-state index in [1.807, 2.05) is 48.5 Å². The van der Waals surface area contributed by atoms with Crippen LogP contribution in [0.3, 0.4) is 0 Å². The maximum Gasteiger partial charge on any atom is 0.255 e. The molecule has 0 atom stereocenters. The molecule has 1 aliphatic rings. The molecule has 2 aromatic carbocycles. The molecule has 144 valence electrons. The van der Waals surface area contributed by atoms with Gasteiger partial charge in [-0.2, -0.15) is 0 Å². The summed E-state index contributed by atoms with van der Waals surface area (Å²) < 4.78 is 2.25. The number of aryl methyl sites for hydroxylation is 2. The largest absolute Gasteiger partial charge is 0.322 e. The third-order valence-corrected chi connectivity index (χ3v) is 5.38. The van der Waals surface area contributed by atoms with Crippen LogP contribution in [0.1, 0.15) is 54.4 Å². The van der Waals surface area contributed by atoms with Crippen molar-refractivity contribution in [1.29, 1.82) is 0 Å². The molecule has 1 aliphatic heterocycles. The fourth-order valence-corrected chi connectivity index (χ4v) is 3.67. The molecule has 28 heavy (non-hydrogen) atoms. The second kappa shape index (κ2) is 8.38. The maximum atomic E-state index is 12.5. The van der Waals surface area contributed by atoms with Gasteiger partial charge < -0.3 is 9.88 Å². The number of carbonyl (C=O) groups excluding carboxylic acids is 1. The molecular formula is C23H26N4O. The fourth-order valence-electron chi connectivity index (χ4n) is 3.67. The number of anilines is 1. The van der Waals surface area contributed by atoms with Gasteiger partial charge in [-0.1, -0.05) is 31.9 Å². The molecule has 0 spiro atoms. The molecule has 0 fully saturated rings. The summed E-state index contributed by atoms with van der Waals surface area (Å²) in [5.41, 5.74) is 3.70. The molecule has 3 aromatic rings. The normalized spacial score (nSPS) is 14.0.